The Balaban J connectivity index is 1.44. The number of carboxylic acid groups (broad SMARTS) is 1. The molecule has 7 atom stereocenters. The van der Waals surface area contributed by atoms with Crippen LogP contribution in [-0.2, 0) is 24.4 Å². The first kappa shape index (κ1) is 42.9. The zero-order valence-corrected chi connectivity index (χ0v) is 33.9. The van der Waals surface area contributed by atoms with Gasteiger partial charge in [-0.1, -0.05) is 44.6 Å². The summed E-state index contributed by atoms with van der Waals surface area (Å²) in [6.45, 7) is 6.64. The van der Waals surface area contributed by atoms with Gasteiger partial charge in [0, 0.05) is 12.3 Å². The Morgan fingerprint density at radius 1 is 1.07 bits per heavy atom. The zero-order chi connectivity index (χ0) is 42.4. The number of benzene rings is 1. The van der Waals surface area contributed by atoms with Crippen LogP contribution in [-0.4, -0.2) is 111 Å². The van der Waals surface area contributed by atoms with E-state index in [1.807, 2.05) is 13.0 Å². The molecule has 318 valence electrons. The molecule has 3 fully saturated rings. The summed E-state index contributed by atoms with van der Waals surface area (Å²) in [6, 6.07) is 3.56. The van der Waals surface area contributed by atoms with Gasteiger partial charge in [0.25, 0.3) is 5.91 Å². The van der Waals surface area contributed by atoms with Gasteiger partial charge in [-0.2, -0.15) is 13.2 Å². The number of nitrogens with zero attached hydrogens (tertiary/aromatic N) is 4. The molecule has 3 heterocycles. The summed E-state index contributed by atoms with van der Waals surface area (Å²) in [5, 5.41) is 21.9. The molecule has 1 aromatic carbocycles. The van der Waals surface area contributed by atoms with Crippen LogP contribution in [0.2, 0.25) is 0 Å². The number of allylic oxidation sites excluding steroid dienone is 1. The second kappa shape index (κ2) is 16.2. The molecular formula is C39H51F3N6O9S. The van der Waals surface area contributed by atoms with Gasteiger partial charge in [-0.25, -0.2) is 13.2 Å². The number of carbonyl (C=O) groups is 4. The number of halogens is 3. The zero-order valence-electron chi connectivity index (χ0n) is 33.1. The standard InChI is InChI=1S/C39H51F3N6O9S/c1-6-23-18-22(3)12-8-9-13-24-20-38(24,35(51)46-58(54,55)26-16-17-26)43-31(49)29-19-25(57-33-28-15-11-10-14-27(28)32(44-45-33)56-7-2)21-47(29)34(50)30(23)48(36(52)53)37(4,5)39(40,41)42/h9-11,13-15,22-26,29-30H,6-8,12,16-21H2,1-5H3,(H,43,49)(H,46,51)(H,52,53)/t22-,23+,24+,25+,29-,30-,38+/m0/s1. The van der Waals surface area contributed by atoms with Crippen LogP contribution in [0.3, 0.4) is 0 Å². The molecule has 0 unspecified atom stereocenters. The smallest absolute Gasteiger partial charge is 0.411 e. The van der Waals surface area contributed by atoms with Crippen molar-refractivity contribution in [1.82, 2.24) is 30.0 Å². The van der Waals surface area contributed by atoms with Gasteiger partial charge in [0.05, 0.1) is 29.2 Å². The van der Waals surface area contributed by atoms with Gasteiger partial charge in [0.1, 0.15) is 29.3 Å². The Hall–Kier alpha value is -4.68. The molecule has 6 rings (SSSR count). The molecule has 0 radical (unpaired) electrons. The first-order chi connectivity index (χ1) is 27.3. The van der Waals surface area contributed by atoms with Gasteiger partial charge in [0.15, 0.2) is 0 Å². The van der Waals surface area contributed by atoms with Gasteiger partial charge in [0.2, 0.25) is 33.6 Å². The first-order valence-electron chi connectivity index (χ1n) is 19.7. The van der Waals surface area contributed by atoms with Crippen molar-refractivity contribution in [3.63, 3.8) is 0 Å². The van der Waals surface area contributed by atoms with E-state index in [2.05, 4.69) is 20.2 Å². The van der Waals surface area contributed by atoms with E-state index in [1.165, 1.54) is 0 Å². The molecular weight excluding hydrogens is 786 g/mol. The summed E-state index contributed by atoms with van der Waals surface area (Å²) >= 11 is 0. The number of amides is 4. The van der Waals surface area contributed by atoms with Gasteiger partial charge in [-0.15, -0.1) is 10.2 Å². The summed E-state index contributed by atoms with van der Waals surface area (Å²) in [5.41, 5.74) is -4.75. The lowest BCUT2D eigenvalue weighted by Crippen LogP contribution is -2.66. The number of rotatable bonds is 10. The van der Waals surface area contributed by atoms with Gasteiger partial charge >= 0.3 is 12.3 Å². The molecule has 4 amide bonds. The summed E-state index contributed by atoms with van der Waals surface area (Å²) in [7, 11) is -4.03. The van der Waals surface area contributed by atoms with Crippen LogP contribution in [0.1, 0.15) is 86.0 Å². The monoisotopic (exact) mass is 836 g/mol. The quantitative estimate of drug-likeness (QED) is 0.274. The van der Waals surface area contributed by atoms with Gasteiger partial charge in [-0.05, 0) is 83.3 Å². The van der Waals surface area contributed by atoms with E-state index in [4.69, 9.17) is 9.47 Å². The lowest BCUT2D eigenvalue weighted by Gasteiger charge is -2.46. The number of fused-ring (bicyclic) bond motifs is 3. The van der Waals surface area contributed by atoms with Crippen molar-refractivity contribution in [3.8, 4) is 11.8 Å². The van der Waals surface area contributed by atoms with Crippen molar-refractivity contribution < 1.29 is 55.3 Å². The van der Waals surface area contributed by atoms with E-state index < -0.39 is 86.4 Å². The Kier molecular flexibility index (Phi) is 12.0. The lowest BCUT2D eigenvalue weighted by atomic mass is 9.82. The van der Waals surface area contributed by atoms with Crippen molar-refractivity contribution >= 4 is 44.6 Å². The van der Waals surface area contributed by atoms with Crippen molar-refractivity contribution in [2.45, 2.75) is 127 Å². The molecule has 19 heteroatoms. The topological polar surface area (TPSA) is 197 Å². The summed E-state index contributed by atoms with van der Waals surface area (Å²) in [5.74, 6) is -4.29. The second-order valence-electron chi connectivity index (χ2n) is 16.4. The third-order valence-electron chi connectivity index (χ3n) is 11.9. The Labute approximate surface area is 335 Å². The van der Waals surface area contributed by atoms with E-state index in [-0.39, 0.29) is 54.8 Å². The fraction of sp³-hybridized carbons (Fsp3) is 0.641. The van der Waals surface area contributed by atoms with Crippen LogP contribution in [0.5, 0.6) is 11.8 Å². The molecule has 2 aliphatic carbocycles. The summed E-state index contributed by atoms with van der Waals surface area (Å²) < 4.78 is 84.2. The third kappa shape index (κ3) is 8.41. The summed E-state index contributed by atoms with van der Waals surface area (Å²) in [6.07, 6.45) is -2.65. The van der Waals surface area contributed by atoms with E-state index in [1.54, 1.807) is 44.2 Å². The minimum Gasteiger partial charge on any atom is -0.476 e. The first-order valence-corrected chi connectivity index (χ1v) is 21.3. The highest BCUT2D eigenvalue weighted by Gasteiger charge is 2.63. The molecule has 4 aliphatic rings. The predicted molar refractivity (Wildman–Crippen MR) is 204 cm³/mol. The Morgan fingerprint density at radius 3 is 2.33 bits per heavy atom. The second-order valence-corrected chi connectivity index (χ2v) is 18.3. The molecule has 2 aromatic rings. The molecule has 3 N–H and O–H groups in total. The SMILES string of the molecule is CCOc1nnc(O[C@@H]2C[C@H]3C(=O)N[C@]4(C(=O)NS(=O)(=O)C5CC5)C[C@H]4C=CCC[C@H](C)C[C@@H](CC)[C@H](N(C(=O)O)C(C)(C)C(F)(F)F)C(=O)N3C2)c2ccccc12. The van der Waals surface area contributed by atoms with E-state index in [0.29, 0.717) is 56.9 Å². The lowest BCUT2D eigenvalue weighted by molar-refractivity contribution is -0.222. The highest BCUT2D eigenvalue weighted by atomic mass is 32.2. The molecule has 1 saturated heterocycles. The maximum atomic E-state index is 15.1. The van der Waals surface area contributed by atoms with Crippen molar-refractivity contribution in [2.75, 3.05) is 13.2 Å². The van der Waals surface area contributed by atoms with Crippen LogP contribution in [0.25, 0.3) is 10.8 Å². The van der Waals surface area contributed by atoms with Crippen molar-refractivity contribution in [2.24, 2.45) is 17.8 Å². The molecule has 2 aliphatic heterocycles. The average molecular weight is 837 g/mol. The van der Waals surface area contributed by atoms with Gasteiger partial charge in [-0.3, -0.25) is 24.0 Å². The maximum absolute atomic E-state index is 15.1. The van der Waals surface area contributed by atoms with Crippen LogP contribution in [0.15, 0.2) is 36.4 Å². The number of sulfonamides is 1. The van der Waals surface area contributed by atoms with Crippen LogP contribution in [0, 0.1) is 17.8 Å². The number of alkyl halides is 3. The normalized spacial score (nSPS) is 28.4. The number of ether oxygens (including phenoxy) is 2. The fourth-order valence-electron chi connectivity index (χ4n) is 8.21. The minimum atomic E-state index is -5.10. The number of aromatic nitrogens is 2. The van der Waals surface area contributed by atoms with E-state index >= 15 is 4.79 Å². The Morgan fingerprint density at radius 2 is 1.72 bits per heavy atom. The molecule has 0 bridgehead atoms. The Bertz CT molecular complexity index is 2060. The maximum Gasteiger partial charge on any atom is 0.411 e. The van der Waals surface area contributed by atoms with Gasteiger partial charge < -0.3 is 24.8 Å². The van der Waals surface area contributed by atoms with Crippen molar-refractivity contribution in [3.05, 3.63) is 36.4 Å². The molecule has 58 heavy (non-hydrogen) atoms. The van der Waals surface area contributed by atoms with E-state index in [9.17, 15) is 41.1 Å². The predicted octanol–water partition coefficient (Wildman–Crippen LogP) is 4.95. The highest BCUT2D eigenvalue weighted by Crippen LogP contribution is 2.47. The number of hydrogen-bond acceptors (Lipinski definition) is 10. The number of hydrogen-bond donors (Lipinski definition) is 3. The van der Waals surface area contributed by atoms with Crippen LogP contribution < -0.4 is 19.5 Å². The molecule has 0 spiro atoms. The van der Waals surface area contributed by atoms with Crippen LogP contribution >= 0.6 is 0 Å². The molecule has 15 nitrogen and oxygen atoms in total. The average Bonchev–Trinajstić information content (AvgIpc) is 4.08. The van der Waals surface area contributed by atoms with E-state index in [0.717, 1.165) is 4.90 Å². The minimum absolute atomic E-state index is 0.0235. The highest BCUT2D eigenvalue weighted by molar-refractivity contribution is 7.91. The van der Waals surface area contributed by atoms with Crippen LogP contribution in [0.4, 0.5) is 18.0 Å². The third-order valence-corrected chi connectivity index (χ3v) is 13.7. The largest absolute Gasteiger partial charge is 0.476 e. The van der Waals surface area contributed by atoms with Crippen molar-refractivity contribution in [1.29, 1.82) is 0 Å². The summed E-state index contributed by atoms with van der Waals surface area (Å²) in [4.78, 5) is 57.7. The molecule has 2 saturated carbocycles. The number of nitrogens with one attached hydrogen (secondary N) is 2. The molecule has 1 aromatic heterocycles. The fourth-order valence-corrected chi connectivity index (χ4v) is 9.58. The number of carbonyl (C=O) groups excluding carboxylic acids is 3.